The van der Waals surface area contributed by atoms with Crippen molar-refractivity contribution in [1.82, 2.24) is 4.98 Å². The lowest BCUT2D eigenvalue weighted by Crippen LogP contribution is -2.41. The van der Waals surface area contributed by atoms with Gasteiger partial charge in [0.15, 0.2) is 0 Å². The first-order valence-corrected chi connectivity index (χ1v) is 10.0. The van der Waals surface area contributed by atoms with Crippen molar-refractivity contribution in [2.75, 3.05) is 12.0 Å². The van der Waals surface area contributed by atoms with Crippen molar-refractivity contribution in [2.24, 2.45) is 0 Å². The van der Waals surface area contributed by atoms with Crippen LogP contribution in [0.3, 0.4) is 0 Å². The molecule has 1 aromatic carbocycles. The third kappa shape index (κ3) is 2.62. The number of hydrogen-bond acceptors (Lipinski definition) is 4. The van der Waals surface area contributed by atoms with Gasteiger partial charge in [0.1, 0.15) is 5.39 Å². The van der Waals surface area contributed by atoms with Crippen molar-refractivity contribution >= 4 is 39.1 Å². The summed E-state index contributed by atoms with van der Waals surface area (Å²) in [4.78, 5) is 7.53. The summed E-state index contributed by atoms with van der Waals surface area (Å²) in [6.07, 6.45) is 6.96. The molecule has 0 atom stereocenters. The van der Waals surface area contributed by atoms with E-state index in [9.17, 15) is 0 Å². The summed E-state index contributed by atoms with van der Waals surface area (Å²) in [5.41, 5.74) is 9.34. The van der Waals surface area contributed by atoms with Gasteiger partial charge in [0.25, 0.3) is 5.16 Å². The van der Waals surface area contributed by atoms with Crippen LogP contribution in [-0.2, 0) is 19.4 Å². The molecule has 0 fully saturated rings. The highest BCUT2D eigenvalue weighted by atomic mass is 32.2. The summed E-state index contributed by atoms with van der Waals surface area (Å²) >= 11 is 3.51. The van der Waals surface area contributed by atoms with E-state index in [0.717, 1.165) is 28.8 Å². The topological polar surface area (TPSA) is 42.8 Å². The molecule has 0 unspecified atom stereocenters. The van der Waals surface area contributed by atoms with Gasteiger partial charge in [0.05, 0.1) is 6.54 Å². The van der Waals surface area contributed by atoms with Crippen LogP contribution in [0.2, 0.25) is 0 Å². The summed E-state index contributed by atoms with van der Waals surface area (Å²) in [6, 6.07) is 10.5. The number of fused-ring (bicyclic) bond motifs is 3. The highest BCUT2D eigenvalue weighted by Gasteiger charge is 2.26. The molecular weight excluding hydrogens is 322 g/mol. The Labute approximate surface area is 144 Å². The van der Waals surface area contributed by atoms with E-state index in [1.54, 1.807) is 11.8 Å². The second-order valence-electron chi connectivity index (χ2n) is 5.95. The zero-order valence-electron chi connectivity index (χ0n) is 13.2. The van der Waals surface area contributed by atoms with E-state index in [-0.39, 0.29) is 0 Å². The van der Waals surface area contributed by atoms with Gasteiger partial charge in [0.2, 0.25) is 10.6 Å². The van der Waals surface area contributed by atoms with Crippen LogP contribution in [-0.4, -0.2) is 11.2 Å². The summed E-state index contributed by atoms with van der Waals surface area (Å²) in [5, 5.41) is 2.20. The normalized spacial score (nSPS) is 14.1. The number of aryl methyl sites for hydroxylation is 2. The molecule has 3 aromatic rings. The van der Waals surface area contributed by atoms with Gasteiger partial charge in [0, 0.05) is 4.88 Å². The van der Waals surface area contributed by atoms with Crippen molar-refractivity contribution in [2.45, 2.75) is 37.4 Å². The third-order valence-corrected chi connectivity index (χ3v) is 6.36. The molecule has 0 saturated heterocycles. The van der Waals surface area contributed by atoms with Crippen LogP contribution in [0.15, 0.2) is 35.5 Å². The Morgan fingerprint density at radius 3 is 2.78 bits per heavy atom. The van der Waals surface area contributed by atoms with Gasteiger partial charge in [-0.15, -0.1) is 11.3 Å². The number of anilines is 1. The maximum Gasteiger partial charge on any atom is 0.300 e. The first-order chi connectivity index (χ1) is 11.3. The Kier molecular flexibility index (Phi) is 3.99. The van der Waals surface area contributed by atoms with Gasteiger partial charge in [-0.1, -0.05) is 47.1 Å². The van der Waals surface area contributed by atoms with Crippen LogP contribution in [0, 0.1) is 0 Å². The highest BCUT2D eigenvalue weighted by Crippen LogP contribution is 2.38. The highest BCUT2D eigenvalue weighted by molar-refractivity contribution is 7.98. The van der Waals surface area contributed by atoms with Crippen LogP contribution in [0.5, 0.6) is 0 Å². The summed E-state index contributed by atoms with van der Waals surface area (Å²) < 4.78 is 2.17. The first-order valence-electron chi connectivity index (χ1n) is 7.99. The lowest BCUT2D eigenvalue weighted by atomic mass is 9.97. The van der Waals surface area contributed by atoms with E-state index >= 15 is 0 Å². The van der Waals surface area contributed by atoms with E-state index in [1.807, 2.05) is 17.4 Å². The van der Waals surface area contributed by atoms with Gasteiger partial charge in [-0.05, 0) is 43.1 Å². The third-order valence-electron chi connectivity index (χ3n) is 4.49. The number of nitrogen functional groups attached to an aromatic ring is 1. The monoisotopic (exact) mass is 342 g/mol. The number of hydrogen-bond donors (Lipinski definition) is 1. The largest absolute Gasteiger partial charge is 0.318 e. The molecule has 0 aliphatic heterocycles. The second kappa shape index (κ2) is 6.13. The van der Waals surface area contributed by atoms with Crippen molar-refractivity contribution in [1.29, 1.82) is 0 Å². The second-order valence-corrected chi connectivity index (χ2v) is 7.80. The fraction of sp³-hybridized carbons (Fsp3) is 0.333. The Hall–Kier alpha value is -1.59. The first kappa shape index (κ1) is 15.0. The number of thioether (sulfide) groups is 1. The maximum absolute atomic E-state index is 6.63. The predicted molar refractivity (Wildman–Crippen MR) is 98.2 cm³/mol. The van der Waals surface area contributed by atoms with Crippen LogP contribution >= 0.6 is 23.1 Å². The standard InChI is InChI=1S/C18H19N3S2/c1-22-18-20-17-15(13-9-5-6-10-14(13)23-17)16(19)21(18)11-12-7-3-2-4-8-12/h2-4,7-8,19H,5-6,9-11H2,1H3/p+1. The molecule has 0 spiro atoms. The fourth-order valence-electron chi connectivity index (χ4n) is 3.35. The Morgan fingerprint density at radius 2 is 2.00 bits per heavy atom. The van der Waals surface area contributed by atoms with E-state index in [1.165, 1.54) is 40.7 Å². The summed E-state index contributed by atoms with van der Waals surface area (Å²) in [7, 11) is 0. The van der Waals surface area contributed by atoms with Crippen LogP contribution in [0.25, 0.3) is 10.2 Å². The lowest BCUT2D eigenvalue weighted by molar-refractivity contribution is -0.713. The van der Waals surface area contributed by atoms with Crippen molar-refractivity contribution in [3.63, 3.8) is 0 Å². The molecule has 118 valence electrons. The minimum atomic E-state index is 0.774. The number of thiophene rings is 1. The minimum absolute atomic E-state index is 0.774. The molecule has 2 N–H and O–H groups in total. The molecule has 0 bridgehead atoms. The van der Waals surface area contributed by atoms with Crippen molar-refractivity contribution < 1.29 is 4.57 Å². The molecule has 5 heteroatoms. The van der Waals surface area contributed by atoms with E-state index in [0.29, 0.717) is 0 Å². The van der Waals surface area contributed by atoms with Crippen molar-refractivity contribution in [3.05, 3.63) is 46.3 Å². The zero-order chi connectivity index (χ0) is 15.8. The lowest BCUT2D eigenvalue weighted by Gasteiger charge is -2.12. The maximum atomic E-state index is 6.63. The summed E-state index contributed by atoms with van der Waals surface area (Å²) in [6.45, 7) is 0.774. The van der Waals surface area contributed by atoms with Gasteiger partial charge in [-0.25, -0.2) is 4.57 Å². The number of nitrogens with zero attached hydrogens (tertiary/aromatic N) is 2. The quantitative estimate of drug-likeness (QED) is 0.447. The zero-order valence-corrected chi connectivity index (χ0v) is 14.8. The molecule has 2 heterocycles. The molecule has 0 saturated carbocycles. The molecule has 3 nitrogen and oxygen atoms in total. The number of rotatable bonds is 3. The average Bonchev–Trinajstić information content (AvgIpc) is 2.96. The van der Waals surface area contributed by atoms with Gasteiger partial charge < -0.3 is 5.73 Å². The van der Waals surface area contributed by atoms with Gasteiger partial charge in [-0.3, -0.25) is 0 Å². The van der Waals surface area contributed by atoms with Crippen LogP contribution in [0.1, 0.15) is 28.8 Å². The summed E-state index contributed by atoms with van der Waals surface area (Å²) in [5.74, 6) is 0.877. The van der Waals surface area contributed by atoms with Crippen LogP contribution in [0.4, 0.5) is 5.82 Å². The Bertz CT molecular complexity index is 856. The molecular formula is C18H20N3S2+. The number of aromatic nitrogens is 2. The van der Waals surface area contributed by atoms with Crippen LogP contribution < -0.4 is 10.3 Å². The molecule has 4 rings (SSSR count). The Balaban J connectivity index is 1.90. The smallest absolute Gasteiger partial charge is 0.300 e. The SMILES string of the molecule is CSc1nc2sc3c(c2c(N)[n+]1Cc1ccccc1)CCCC3. The van der Waals surface area contributed by atoms with E-state index in [4.69, 9.17) is 10.7 Å². The molecule has 1 aliphatic rings. The predicted octanol–water partition coefficient (Wildman–Crippen LogP) is 3.82. The van der Waals surface area contributed by atoms with Gasteiger partial charge in [-0.2, -0.15) is 0 Å². The average molecular weight is 343 g/mol. The minimum Gasteiger partial charge on any atom is -0.318 e. The molecule has 23 heavy (non-hydrogen) atoms. The molecule has 1 aliphatic carbocycles. The number of benzene rings is 1. The number of nitrogens with two attached hydrogens (primary N) is 1. The molecule has 2 aromatic heterocycles. The Morgan fingerprint density at radius 1 is 1.22 bits per heavy atom. The van der Waals surface area contributed by atoms with E-state index < -0.39 is 0 Å². The van der Waals surface area contributed by atoms with E-state index in [2.05, 4.69) is 35.1 Å². The fourth-order valence-corrected chi connectivity index (χ4v) is 5.25. The molecule has 0 radical (unpaired) electrons. The van der Waals surface area contributed by atoms with Gasteiger partial charge >= 0.3 is 0 Å². The van der Waals surface area contributed by atoms with Crippen molar-refractivity contribution in [3.8, 4) is 0 Å². The molecule has 0 amide bonds.